The van der Waals surface area contributed by atoms with Gasteiger partial charge in [0.1, 0.15) is 0 Å². The molecule has 0 bridgehead atoms. The van der Waals surface area contributed by atoms with Gasteiger partial charge in [0.25, 0.3) is 0 Å². The van der Waals surface area contributed by atoms with Crippen molar-refractivity contribution in [3.8, 4) is 0 Å². The Morgan fingerprint density at radius 1 is 0.622 bits per heavy atom. The van der Waals surface area contributed by atoms with Crippen molar-refractivity contribution in [1.29, 1.82) is 0 Å². The highest BCUT2D eigenvalue weighted by molar-refractivity contribution is 5.76. The monoisotopic (exact) mass is 523 g/mol. The van der Waals surface area contributed by atoms with Gasteiger partial charge < -0.3 is 15.5 Å². The molecule has 1 amide bonds. The highest BCUT2D eigenvalue weighted by Crippen LogP contribution is 2.14. The van der Waals surface area contributed by atoms with Crippen molar-refractivity contribution in [1.82, 2.24) is 5.32 Å². The Hall–Kier alpha value is -0.870. The van der Waals surface area contributed by atoms with Crippen LogP contribution in [-0.2, 0) is 4.79 Å². The van der Waals surface area contributed by atoms with E-state index in [4.69, 9.17) is 0 Å². The largest absolute Gasteiger partial charge is 0.394 e. The van der Waals surface area contributed by atoms with Gasteiger partial charge in [-0.15, -0.1) is 0 Å². The lowest BCUT2D eigenvalue weighted by atomic mass is 10.0. The van der Waals surface area contributed by atoms with E-state index in [1.54, 1.807) is 6.08 Å². The second kappa shape index (κ2) is 29.7. The SMILES string of the molecule is CCCCCCCCCCCCCCCCCC/C=C/C(O)C(CO)NC(=O)CCCCCCCCC. The average molecular weight is 524 g/mol. The molecule has 3 N–H and O–H groups in total. The number of carbonyl (C=O) groups is 1. The zero-order valence-corrected chi connectivity index (χ0v) is 25.0. The number of allylic oxidation sites excluding steroid dienone is 1. The predicted octanol–water partition coefficient (Wildman–Crippen LogP) is 9.17. The summed E-state index contributed by atoms with van der Waals surface area (Å²) >= 11 is 0. The van der Waals surface area contributed by atoms with Gasteiger partial charge in [0.05, 0.1) is 18.8 Å². The van der Waals surface area contributed by atoms with Crippen molar-refractivity contribution < 1.29 is 15.0 Å². The van der Waals surface area contributed by atoms with Crippen molar-refractivity contribution >= 4 is 5.91 Å². The fourth-order valence-corrected chi connectivity index (χ4v) is 4.94. The molecule has 0 aliphatic carbocycles. The molecule has 0 spiro atoms. The molecule has 37 heavy (non-hydrogen) atoms. The van der Waals surface area contributed by atoms with Crippen molar-refractivity contribution in [2.24, 2.45) is 0 Å². The van der Waals surface area contributed by atoms with Crippen LogP contribution in [0, 0.1) is 0 Å². The van der Waals surface area contributed by atoms with Gasteiger partial charge in [0, 0.05) is 6.42 Å². The smallest absolute Gasteiger partial charge is 0.220 e. The number of aliphatic hydroxyl groups is 2. The van der Waals surface area contributed by atoms with Gasteiger partial charge in [-0.25, -0.2) is 0 Å². The van der Waals surface area contributed by atoms with Crippen LogP contribution in [0.1, 0.15) is 174 Å². The lowest BCUT2D eigenvalue weighted by Crippen LogP contribution is -2.45. The van der Waals surface area contributed by atoms with E-state index in [0.29, 0.717) is 6.42 Å². The third-order valence-corrected chi connectivity index (χ3v) is 7.52. The maximum absolute atomic E-state index is 12.1. The number of amides is 1. The first-order valence-electron chi connectivity index (χ1n) is 16.4. The van der Waals surface area contributed by atoms with Gasteiger partial charge >= 0.3 is 0 Å². The van der Waals surface area contributed by atoms with E-state index in [1.165, 1.54) is 128 Å². The van der Waals surface area contributed by atoms with E-state index in [1.807, 2.05) is 6.08 Å². The molecule has 0 aliphatic rings. The van der Waals surface area contributed by atoms with Crippen LogP contribution in [0.3, 0.4) is 0 Å². The number of hydrogen-bond donors (Lipinski definition) is 3. The Labute approximate surface area is 231 Å². The molecule has 0 radical (unpaired) electrons. The third kappa shape index (κ3) is 26.5. The molecular formula is C33H65NO3. The first kappa shape index (κ1) is 36.1. The summed E-state index contributed by atoms with van der Waals surface area (Å²) < 4.78 is 0. The van der Waals surface area contributed by atoms with Crippen LogP contribution >= 0.6 is 0 Å². The van der Waals surface area contributed by atoms with E-state index in [-0.39, 0.29) is 12.5 Å². The summed E-state index contributed by atoms with van der Waals surface area (Å²) in [5.41, 5.74) is 0. The summed E-state index contributed by atoms with van der Waals surface area (Å²) in [5.74, 6) is -0.0714. The second-order valence-corrected chi connectivity index (χ2v) is 11.2. The van der Waals surface area contributed by atoms with Crippen LogP contribution in [0.15, 0.2) is 12.2 Å². The first-order valence-corrected chi connectivity index (χ1v) is 16.4. The van der Waals surface area contributed by atoms with Gasteiger partial charge in [-0.05, 0) is 19.3 Å². The minimum atomic E-state index is -0.830. The molecule has 4 heteroatoms. The summed E-state index contributed by atoms with van der Waals surface area (Å²) in [5, 5.41) is 22.7. The van der Waals surface area contributed by atoms with Crippen molar-refractivity contribution in [3.63, 3.8) is 0 Å². The molecule has 0 fully saturated rings. The van der Waals surface area contributed by atoms with Gasteiger partial charge in [-0.1, -0.05) is 161 Å². The Morgan fingerprint density at radius 2 is 1.00 bits per heavy atom. The van der Waals surface area contributed by atoms with E-state index in [2.05, 4.69) is 19.2 Å². The van der Waals surface area contributed by atoms with Crippen LogP contribution in [0.25, 0.3) is 0 Å². The molecule has 2 unspecified atom stereocenters. The molecule has 0 aromatic carbocycles. The zero-order chi connectivity index (χ0) is 27.2. The first-order chi connectivity index (χ1) is 18.2. The minimum absolute atomic E-state index is 0.0714. The summed E-state index contributed by atoms with van der Waals surface area (Å²) in [6, 6.07) is -0.612. The molecule has 0 aromatic rings. The predicted molar refractivity (Wildman–Crippen MR) is 161 cm³/mol. The van der Waals surface area contributed by atoms with E-state index < -0.39 is 12.1 Å². The van der Waals surface area contributed by atoms with Crippen molar-refractivity contribution in [3.05, 3.63) is 12.2 Å². The lowest BCUT2D eigenvalue weighted by Gasteiger charge is -2.20. The fourth-order valence-electron chi connectivity index (χ4n) is 4.94. The molecule has 0 heterocycles. The molecule has 0 saturated heterocycles. The van der Waals surface area contributed by atoms with Gasteiger partial charge in [0.2, 0.25) is 5.91 Å². The number of hydrogen-bond acceptors (Lipinski definition) is 3. The van der Waals surface area contributed by atoms with Crippen LogP contribution in [0.5, 0.6) is 0 Å². The average Bonchev–Trinajstić information content (AvgIpc) is 2.90. The lowest BCUT2D eigenvalue weighted by molar-refractivity contribution is -0.123. The highest BCUT2D eigenvalue weighted by Gasteiger charge is 2.17. The molecule has 220 valence electrons. The van der Waals surface area contributed by atoms with Crippen LogP contribution in [-0.4, -0.2) is 34.9 Å². The van der Waals surface area contributed by atoms with E-state index >= 15 is 0 Å². The second-order valence-electron chi connectivity index (χ2n) is 11.2. The van der Waals surface area contributed by atoms with Crippen LogP contribution in [0.2, 0.25) is 0 Å². The third-order valence-electron chi connectivity index (χ3n) is 7.52. The Balaban J connectivity index is 3.57. The fraction of sp³-hybridized carbons (Fsp3) is 0.909. The van der Waals surface area contributed by atoms with E-state index in [0.717, 1.165) is 25.7 Å². The quantitative estimate of drug-likeness (QED) is 0.0676. The molecule has 0 saturated carbocycles. The highest BCUT2D eigenvalue weighted by atomic mass is 16.3. The maximum Gasteiger partial charge on any atom is 0.220 e. The number of nitrogens with one attached hydrogen (secondary N) is 1. The van der Waals surface area contributed by atoms with Gasteiger partial charge in [-0.3, -0.25) is 4.79 Å². The molecule has 0 aromatic heterocycles. The number of unbranched alkanes of at least 4 members (excludes halogenated alkanes) is 22. The summed E-state index contributed by atoms with van der Waals surface area (Å²) in [4.78, 5) is 12.1. The van der Waals surface area contributed by atoms with E-state index in [9.17, 15) is 15.0 Å². The summed E-state index contributed by atoms with van der Waals surface area (Å²) in [6.07, 6.45) is 34.4. The topological polar surface area (TPSA) is 69.6 Å². The molecule has 0 aliphatic heterocycles. The van der Waals surface area contributed by atoms with Crippen LogP contribution in [0.4, 0.5) is 0 Å². The summed E-state index contributed by atoms with van der Waals surface area (Å²) in [7, 11) is 0. The molecule has 0 rings (SSSR count). The number of carbonyl (C=O) groups excluding carboxylic acids is 1. The molecule has 2 atom stereocenters. The van der Waals surface area contributed by atoms with Crippen LogP contribution < -0.4 is 5.32 Å². The Bertz CT molecular complexity index is 494. The Morgan fingerprint density at radius 3 is 1.41 bits per heavy atom. The summed E-state index contributed by atoms with van der Waals surface area (Å²) in [6.45, 7) is 4.25. The number of rotatable bonds is 29. The molecular weight excluding hydrogens is 458 g/mol. The molecule has 4 nitrogen and oxygen atoms in total. The van der Waals surface area contributed by atoms with Gasteiger partial charge in [-0.2, -0.15) is 0 Å². The Kier molecular flexibility index (Phi) is 29.0. The normalized spacial score (nSPS) is 13.3. The standard InChI is InChI=1S/C33H65NO3/c1-3-5-7-9-11-12-13-14-15-16-17-18-19-20-21-23-24-26-28-32(36)31(30-35)34-33(37)29-27-25-22-10-8-6-4-2/h26,28,31-32,35-36H,3-25,27,29-30H2,1-2H3,(H,34,37)/b28-26+. The maximum atomic E-state index is 12.1. The minimum Gasteiger partial charge on any atom is -0.394 e. The van der Waals surface area contributed by atoms with Crippen molar-refractivity contribution in [2.75, 3.05) is 6.61 Å². The van der Waals surface area contributed by atoms with Gasteiger partial charge in [0.15, 0.2) is 0 Å². The zero-order valence-electron chi connectivity index (χ0n) is 25.0. The van der Waals surface area contributed by atoms with Crippen molar-refractivity contribution in [2.45, 2.75) is 187 Å². The number of aliphatic hydroxyl groups excluding tert-OH is 2.